The number of hydrogen-bond donors (Lipinski definition) is 0. The smallest absolute Gasteiger partial charge is 0.159 e. The first-order valence-corrected chi connectivity index (χ1v) is 27.0. The van der Waals surface area contributed by atoms with Gasteiger partial charge >= 0.3 is 0 Å². The van der Waals surface area contributed by atoms with E-state index >= 15 is 0 Å². The lowest BCUT2D eigenvalue weighted by molar-refractivity contribution is 0.668. The molecule has 0 saturated carbocycles. The molecular weight excluding hydrogens is 963 g/mol. The molecule has 5 nitrogen and oxygen atoms in total. The number of fused-ring (bicyclic) bond motifs is 14. The van der Waals surface area contributed by atoms with E-state index in [4.69, 9.17) is 8.83 Å². The van der Waals surface area contributed by atoms with Crippen molar-refractivity contribution in [1.82, 2.24) is 4.40 Å². The van der Waals surface area contributed by atoms with Gasteiger partial charge in [0.1, 0.15) is 11.2 Å². The summed E-state index contributed by atoms with van der Waals surface area (Å²) in [5.41, 5.74) is 18.0. The standard InChI is InChI=1S/C74H45N3O2/c1-3-18-54(19-4-1)75(66-30-14-28-62-58-24-7-9-32-70(58)78-73(62)66)56-22-11-16-46(40-56)48-34-36-50-42-64-60-26-13-27-61-65-43-51-37-35-49(39-53(51)45-69(65)77(72(60)61)68(64)44-52(50)38-48)47-17-12-23-57(41-47)76(55-20-5-2-6-21-55)67-31-15-29-63-59-25-8-10-33-71(59)79-74(63)67/h1-45H. The summed E-state index contributed by atoms with van der Waals surface area (Å²) >= 11 is 0. The van der Waals surface area contributed by atoms with Crippen LogP contribution < -0.4 is 9.80 Å². The minimum absolute atomic E-state index is 0.865. The van der Waals surface area contributed by atoms with Crippen LogP contribution in [0.4, 0.5) is 34.1 Å². The molecule has 0 radical (unpaired) electrons. The molecule has 0 aliphatic rings. The SMILES string of the molecule is c1ccc(N(c2cccc(-c3ccc4cc5c6cccc7c8cc9ccc(-c%10cccc(N(c%11ccccc%11)c%11cccc%12c%11oc%11ccccc%11%12)c%10)cc9cc8n(c5cc4c3)c67)c2)c2cccc3c2oc2ccccc23)cc1. The first-order chi connectivity index (χ1) is 39.1. The minimum Gasteiger partial charge on any atom is -0.454 e. The first-order valence-electron chi connectivity index (χ1n) is 27.0. The van der Waals surface area contributed by atoms with Gasteiger partial charge in [-0.05, 0) is 153 Å². The fourth-order valence-electron chi connectivity index (χ4n) is 12.8. The predicted octanol–water partition coefficient (Wildman–Crippen LogP) is 21.2. The van der Waals surface area contributed by atoms with E-state index in [1.807, 2.05) is 24.3 Å². The van der Waals surface area contributed by atoms with Crippen LogP contribution in [0.2, 0.25) is 0 Å². The van der Waals surface area contributed by atoms with Crippen molar-refractivity contribution >= 4 is 138 Å². The Kier molecular flexibility index (Phi) is 9.35. The molecule has 0 fully saturated rings. The molecule has 0 aliphatic heterocycles. The average Bonchev–Trinajstić information content (AvgIpc) is 4.03. The highest BCUT2D eigenvalue weighted by atomic mass is 16.3. The number of para-hydroxylation sites is 7. The molecule has 0 atom stereocenters. The highest BCUT2D eigenvalue weighted by Gasteiger charge is 2.23. The largest absolute Gasteiger partial charge is 0.454 e. The zero-order valence-corrected chi connectivity index (χ0v) is 42.6. The van der Waals surface area contributed by atoms with Gasteiger partial charge in [0.05, 0.1) is 27.9 Å². The zero-order valence-electron chi connectivity index (χ0n) is 42.6. The van der Waals surface area contributed by atoms with Crippen molar-refractivity contribution in [2.45, 2.75) is 0 Å². The van der Waals surface area contributed by atoms with Crippen LogP contribution in [-0.2, 0) is 0 Å². The summed E-state index contributed by atoms with van der Waals surface area (Å²) in [5.74, 6) is 0. The van der Waals surface area contributed by atoms with Gasteiger partial charge < -0.3 is 23.0 Å². The van der Waals surface area contributed by atoms with Crippen LogP contribution in [-0.4, -0.2) is 4.40 Å². The third kappa shape index (κ3) is 6.70. The summed E-state index contributed by atoms with van der Waals surface area (Å²) in [5, 5.41) is 14.3. The third-order valence-corrected chi connectivity index (χ3v) is 16.4. The molecule has 0 bridgehead atoms. The quantitative estimate of drug-likeness (QED) is 0.152. The third-order valence-electron chi connectivity index (χ3n) is 16.4. The molecule has 79 heavy (non-hydrogen) atoms. The number of aromatic nitrogens is 1. The second-order valence-electron chi connectivity index (χ2n) is 20.8. The van der Waals surface area contributed by atoms with Gasteiger partial charge in [0, 0.05) is 65.8 Å². The van der Waals surface area contributed by atoms with Gasteiger partial charge in [0.2, 0.25) is 0 Å². The van der Waals surface area contributed by atoms with Crippen molar-refractivity contribution in [2.75, 3.05) is 9.80 Å². The summed E-state index contributed by atoms with van der Waals surface area (Å²) < 4.78 is 15.8. The van der Waals surface area contributed by atoms with E-state index in [0.717, 1.165) is 100 Å². The molecule has 0 amide bonds. The monoisotopic (exact) mass is 1010 g/mol. The van der Waals surface area contributed by atoms with Crippen molar-refractivity contribution in [3.8, 4) is 22.3 Å². The summed E-state index contributed by atoms with van der Waals surface area (Å²) in [6.45, 7) is 0. The maximum Gasteiger partial charge on any atom is 0.159 e. The van der Waals surface area contributed by atoms with Gasteiger partial charge in [-0.1, -0.05) is 164 Å². The Hall–Kier alpha value is -10.6. The summed E-state index contributed by atoms with van der Waals surface area (Å²) in [7, 11) is 0. The molecule has 0 aliphatic carbocycles. The lowest BCUT2D eigenvalue weighted by atomic mass is 9.98. The highest BCUT2D eigenvalue weighted by molar-refractivity contribution is 6.26. The lowest BCUT2D eigenvalue weighted by Crippen LogP contribution is -2.10. The van der Waals surface area contributed by atoms with Crippen molar-refractivity contribution in [3.63, 3.8) is 0 Å². The first kappa shape index (κ1) is 43.6. The van der Waals surface area contributed by atoms with Crippen molar-refractivity contribution < 1.29 is 8.83 Å². The van der Waals surface area contributed by atoms with Crippen LogP contribution in [0.15, 0.2) is 282 Å². The van der Waals surface area contributed by atoms with Crippen molar-refractivity contribution in [3.05, 3.63) is 273 Å². The number of benzene rings is 13. The summed E-state index contributed by atoms with van der Waals surface area (Å²) in [4.78, 5) is 4.63. The normalized spacial score (nSPS) is 12.1. The van der Waals surface area contributed by atoms with E-state index in [0.29, 0.717) is 0 Å². The van der Waals surface area contributed by atoms with Gasteiger partial charge in [-0.15, -0.1) is 0 Å². The molecule has 17 rings (SSSR count). The summed E-state index contributed by atoms with van der Waals surface area (Å²) in [6.07, 6.45) is 0. The molecule has 4 heterocycles. The Morgan fingerprint density at radius 1 is 0.253 bits per heavy atom. The van der Waals surface area contributed by atoms with Crippen molar-refractivity contribution in [1.29, 1.82) is 0 Å². The second-order valence-corrected chi connectivity index (χ2v) is 20.8. The molecule has 13 aromatic carbocycles. The van der Waals surface area contributed by atoms with Gasteiger partial charge in [-0.25, -0.2) is 0 Å². The number of rotatable bonds is 8. The van der Waals surface area contributed by atoms with Gasteiger partial charge in [-0.3, -0.25) is 0 Å². The van der Waals surface area contributed by atoms with Crippen LogP contribution in [0.3, 0.4) is 0 Å². The lowest BCUT2D eigenvalue weighted by Gasteiger charge is -2.26. The molecule has 17 aromatic rings. The fraction of sp³-hybridized carbons (Fsp3) is 0. The number of nitrogens with zero attached hydrogens (tertiary/aromatic N) is 3. The molecule has 0 saturated heterocycles. The minimum atomic E-state index is 0.865. The number of anilines is 6. The molecule has 0 spiro atoms. The van der Waals surface area contributed by atoms with Gasteiger partial charge in [0.15, 0.2) is 11.2 Å². The molecule has 5 heteroatoms. The Balaban J connectivity index is 0.779. The maximum absolute atomic E-state index is 6.62. The number of furan rings is 2. The molecule has 0 unspecified atom stereocenters. The van der Waals surface area contributed by atoms with Crippen LogP contribution in [0.25, 0.3) is 126 Å². The Morgan fingerprint density at radius 3 is 1.14 bits per heavy atom. The molecule has 4 aromatic heterocycles. The van der Waals surface area contributed by atoms with E-state index in [1.165, 1.54) is 59.6 Å². The van der Waals surface area contributed by atoms with Gasteiger partial charge in [0.25, 0.3) is 0 Å². The van der Waals surface area contributed by atoms with Crippen LogP contribution in [0.5, 0.6) is 0 Å². The Labute approximate surface area is 453 Å². The average molecular weight is 1010 g/mol. The van der Waals surface area contributed by atoms with E-state index < -0.39 is 0 Å². The maximum atomic E-state index is 6.62. The molecule has 368 valence electrons. The van der Waals surface area contributed by atoms with Gasteiger partial charge in [-0.2, -0.15) is 0 Å². The molecular formula is C74H45N3O2. The Bertz CT molecular complexity index is 4960. The fourth-order valence-corrected chi connectivity index (χ4v) is 12.8. The van der Waals surface area contributed by atoms with E-state index in [2.05, 4.69) is 263 Å². The topological polar surface area (TPSA) is 37.2 Å². The van der Waals surface area contributed by atoms with Crippen molar-refractivity contribution in [2.24, 2.45) is 0 Å². The van der Waals surface area contributed by atoms with Crippen LogP contribution in [0, 0.1) is 0 Å². The van der Waals surface area contributed by atoms with Crippen LogP contribution >= 0.6 is 0 Å². The number of hydrogen-bond acceptors (Lipinski definition) is 4. The van der Waals surface area contributed by atoms with E-state index in [-0.39, 0.29) is 0 Å². The van der Waals surface area contributed by atoms with E-state index in [9.17, 15) is 0 Å². The highest BCUT2D eigenvalue weighted by Crippen LogP contribution is 2.47. The molecule has 0 N–H and O–H groups in total. The zero-order chi connectivity index (χ0) is 51.7. The summed E-state index contributed by atoms with van der Waals surface area (Å²) in [6, 6.07) is 98.7. The van der Waals surface area contributed by atoms with Crippen LogP contribution in [0.1, 0.15) is 0 Å². The predicted molar refractivity (Wildman–Crippen MR) is 331 cm³/mol. The Morgan fingerprint density at radius 2 is 0.646 bits per heavy atom. The van der Waals surface area contributed by atoms with E-state index in [1.54, 1.807) is 0 Å². The second kappa shape index (κ2) is 16.9.